The summed E-state index contributed by atoms with van der Waals surface area (Å²) in [6.07, 6.45) is -0.630. The Hall–Kier alpha value is -5.37. The molecular weight excluding hydrogens is 480 g/mol. The van der Waals surface area contributed by atoms with Crippen LogP contribution >= 0.6 is 0 Å². The van der Waals surface area contributed by atoms with Crippen molar-refractivity contribution >= 4 is 40.3 Å². The van der Waals surface area contributed by atoms with E-state index in [0.29, 0.717) is 28.0 Å². The van der Waals surface area contributed by atoms with Crippen molar-refractivity contribution < 1.29 is 33.5 Å². The van der Waals surface area contributed by atoms with E-state index in [-0.39, 0.29) is 28.1 Å². The Morgan fingerprint density at radius 1 is 1.08 bits per heavy atom. The number of nitrogens with one attached hydrogen (secondary N) is 1. The zero-order valence-corrected chi connectivity index (χ0v) is 19.9. The van der Waals surface area contributed by atoms with Gasteiger partial charge in [-0.15, -0.1) is 0 Å². The maximum Gasteiger partial charge on any atom is 0.413 e. The van der Waals surface area contributed by atoms with Crippen molar-refractivity contribution in [3.05, 3.63) is 71.4 Å². The molecule has 0 aliphatic heterocycles. The molecule has 4 aromatic rings. The number of aromatic nitrogens is 1. The largest absolute Gasteiger partial charge is 0.496 e. The lowest BCUT2D eigenvalue weighted by atomic mass is 9.99. The van der Waals surface area contributed by atoms with Gasteiger partial charge in [-0.05, 0) is 30.3 Å². The number of carboxylic acids is 1. The molecular formula is C26H20N4O7. The Labute approximate surface area is 210 Å². The van der Waals surface area contributed by atoms with Crippen LogP contribution in [0.3, 0.4) is 0 Å². The van der Waals surface area contributed by atoms with Gasteiger partial charge in [0.15, 0.2) is 11.3 Å². The van der Waals surface area contributed by atoms with Gasteiger partial charge in [0.1, 0.15) is 5.75 Å². The first kappa shape index (κ1) is 24.7. The van der Waals surface area contributed by atoms with Crippen LogP contribution < -0.4 is 15.0 Å². The molecule has 0 atom stereocenters. The summed E-state index contributed by atoms with van der Waals surface area (Å²) in [5, 5.41) is 25.3. The molecule has 0 saturated carbocycles. The number of rotatable bonds is 6. The van der Waals surface area contributed by atoms with Gasteiger partial charge >= 0.3 is 12.1 Å². The SMILES string of the molecule is COC(=O)N(C)c1cc2onc(C(=O)Nc3ccc(C#N)cc3C(=O)O)c2cc1-c1ccccc1OC. The minimum absolute atomic E-state index is 0.0142. The maximum absolute atomic E-state index is 13.2. The highest BCUT2D eigenvalue weighted by Crippen LogP contribution is 2.40. The van der Waals surface area contributed by atoms with Crippen LogP contribution in [0.25, 0.3) is 22.1 Å². The molecule has 1 aromatic heterocycles. The van der Waals surface area contributed by atoms with Crippen LogP contribution in [0.4, 0.5) is 16.2 Å². The lowest BCUT2D eigenvalue weighted by Crippen LogP contribution is -2.26. The number of fused-ring (bicyclic) bond motifs is 1. The van der Waals surface area contributed by atoms with Crippen LogP contribution in [0.5, 0.6) is 5.75 Å². The summed E-state index contributed by atoms with van der Waals surface area (Å²) in [6.45, 7) is 0. The topological polar surface area (TPSA) is 155 Å². The number of methoxy groups -OCH3 is 2. The van der Waals surface area contributed by atoms with E-state index in [1.807, 2.05) is 6.07 Å². The molecule has 0 saturated heterocycles. The molecule has 0 aliphatic rings. The Balaban J connectivity index is 1.85. The van der Waals surface area contributed by atoms with Gasteiger partial charge in [0.25, 0.3) is 5.91 Å². The summed E-state index contributed by atoms with van der Waals surface area (Å²) in [7, 11) is 4.29. The number of para-hydroxylation sites is 1. The van der Waals surface area contributed by atoms with Crippen molar-refractivity contribution in [1.82, 2.24) is 5.16 Å². The van der Waals surface area contributed by atoms with Crippen LogP contribution in [-0.4, -0.2) is 49.5 Å². The predicted molar refractivity (Wildman–Crippen MR) is 133 cm³/mol. The first-order valence-corrected chi connectivity index (χ1v) is 10.8. The molecule has 186 valence electrons. The van der Waals surface area contributed by atoms with Crippen LogP contribution in [-0.2, 0) is 4.74 Å². The van der Waals surface area contributed by atoms with Gasteiger partial charge in [-0.1, -0.05) is 23.4 Å². The van der Waals surface area contributed by atoms with E-state index in [1.54, 1.807) is 36.4 Å². The first-order valence-electron chi connectivity index (χ1n) is 10.8. The molecule has 0 aliphatic carbocycles. The van der Waals surface area contributed by atoms with E-state index in [2.05, 4.69) is 10.5 Å². The first-order chi connectivity index (χ1) is 17.8. The highest BCUT2D eigenvalue weighted by atomic mass is 16.5. The molecule has 3 aromatic carbocycles. The van der Waals surface area contributed by atoms with E-state index in [4.69, 9.17) is 19.3 Å². The van der Waals surface area contributed by atoms with Crippen molar-refractivity contribution in [2.45, 2.75) is 0 Å². The maximum atomic E-state index is 13.2. The number of carbonyl (C=O) groups excluding carboxylic acids is 2. The zero-order valence-electron chi connectivity index (χ0n) is 19.9. The molecule has 0 radical (unpaired) electrons. The Kier molecular flexibility index (Phi) is 6.75. The van der Waals surface area contributed by atoms with Gasteiger partial charge in [-0.2, -0.15) is 5.26 Å². The lowest BCUT2D eigenvalue weighted by molar-refractivity contribution is 0.0698. The summed E-state index contributed by atoms with van der Waals surface area (Å²) in [4.78, 5) is 38.4. The van der Waals surface area contributed by atoms with Crippen molar-refractivity contribution in [2.75, 3.05) is 31.5 Å². The lowest BCUT2D eigenvalue weighted by Gasteiger charge is -2.20. The summed E-state index contributed by atoms with van der Waals surface area (Å²) >= 11 is 0. The third kappa shape index (κ3) is 4.63. The van der Waals surface area contributed by atoms with E-state index < -0.39 is 18.0 Å². The molecule has 0 spiro atoms. The minimum atomic E-state index is -1.31. The number of hydrogen-bond donors (Lipinski definition) is 2. The molecule has 4 rings (SSSR count). The average Bonchev–Trinajstić information content (AvgIpc) is 3.34. The van der Waals surface area contributed by atoms with Crippen LogP contribution in [0.1, 0.15) is 26.4 Å². The Morgan fingerprint density at radius 3 is 2.51 bits per heavy atom. The fourth-order valence-electron chi connectivity index (χ4n) is 3.81. The number of amides is 2. The fraction of sp³-hybridized carbons (Fsp3) is 0.115. The second kappa shape index (κ2) is 10.1. The van der Waals surface area contributed by atoms with Gasteiger partial charge < -0.3 is 24.4 Å². The van der Waals surface area contributed by atoms with Crippen molar-refractivity contribution in [2.24, 2.45) is 0 Å². The van der Waals surface area contributed by atoms with Gasteiger partial charge in [0.2, 0.25) is 0 Å². The van der Waals surface area contributed by atoms with Crippen LogP contribution in [0.2, 0.25) is 0 Å². The summed E-state index contributed by atoms with van der Waals surface area (Å²) in [5.74, 6) is -1.52. The number of aromatic carboxylic acids is 1. The van der Waals surface area contributed by atoms with Crippen molar-refractivity contribution in [3.8, 4) is 22.9 Å². The average molecular weight is 500 g/mol. The molecule has 11 heteroatoms. The van der Waals surface area contributed by atoms with Crippen molar-refractivity contribution in [1.29, 1.82) is 5.26 Å². The molecule has 1 heterocycles. The number of nitrogens with zero attached hydrogens (tertiary/aromatic N) is 3. The second-order valence-electron chi connectivity index (χ2n) is 7.76. The second-order valence-corrected chi connectivity index (χ2v) is 7.76. The molecule has 11 nitrogen and oxygen atoms in total. The predicted octanol–water partition coefficient (Wildman–Crippen LogP) is 4.53. The highest BCUT2D eigenvalue weighted by molar-refractivity contribution is 6.14. The number of nitriles is 1. The van der Waals surface area contributed by atoms with Crippen LogP contribution in [0.15, 0.2) is 59.1 Å². The molecule has 2 amide bonds. The van der Waals surface area contributed by atoms with E-state index in [0.717, 1.165) is 6.07 Å². The monoisotopic (exact) mass is 500 g/mol. The number of hydrogen-bond acceptors (Lipinski definition) is 8. The Bertz CT molecular complexity index is 1590. The molecule has 2 N–H and O–H groups in total. The number of anilines is 2. The van der Waals surface area contributed by atoms with E-state index in [1.165, 1.54) is 38.3 Å². The molecule has 0 unspecified atom stereocenters. The quantitative estimate of drug-likeness (QED) is 0.388. The van der Waals surface area contributed by atoms with Gasteiger partial charge in [-0.3, -0.25) is 9.69 Å². The fourth-order valence-corrected chi connectivity index (χ4v) is 3.81. The number of benzene rings is 3. The van der Waals surface area contributed by atoms with Gasteiger partial charge in [0, 0.05) is 24.2 Å². The third-order valence-corrected chi connectivity index (χ3v) is 5.64. The van der Waals surface area contributed by atoms with Gasteiger partial charge in [0.05, 0.1) is 48.2 Å². The zero-order chi connectivity index (χ0) is 26.7. The van der Waals surface area contributed by atoms with Gasteiger partial charge in [-0.25, -0.2) is 9.59 Å². The molecule has 0 fully saturated rings. The molecule has 37 heavy (non-hydrogen) atoms. The molecule has 0 bridgehead atoms. The summed E-state index contributed by atoms with van der Waals surface area (Å²) in [5.41, 5.74) is 1.52. The highest BCUT2D eigenvalue weighted by Gasteiger charge is 2.25. The van der Waals surface area contributed by atoms with E-state index in [9.17, 15) is 19.5 Å². The Morgan fingerprint density at radius 2 is 1.84 bits per heavy atom. The summed E-state index contributed by atoms with van der Waals surface area (Å²) in [6, 6.07) is 16.0. The smallest absolute Gasteiger partial charge is 0.413 e. The summed E-state index contributed by atoms with van der Waals surface area (Å²) < 4.78 is 15.7. The normalized spacial score (nSPS) is 10.4. The standard InChI is InChI=1S/C26H20N4O7/c1-30(26(34)36-3)20-12-22-18(11-16(20)15-6-4-5-7-21(15)35-2)23(29-37-22)24(31)28-19-9-8-14(13-27)10-17(19)25(32)33/h4-12H,1-3H3,(H,28,31)(H,32,33). The van der Waals surface area contributed by atoms with E-state index >= 15 is 0 Å². The van der Waals surface area contributed by atoms with Crippen molar-refractivity contribution in [3.63, 3.8) is 0 Å². The minimum Gasteiger partial charge on any atom is -0.496 e. The third-order valence-electron chi connectivity index (χ3n) is 5.64. The van der Waals surface area contributed by atoms with Crippen LogP contribution in [0, 0.1) is 11.3 Å². The number of ether oxygens (including phenoxy) is 2. The number of carboxylic acid groups (broad SMARTS) is 1. The number of carbonyl (C=O) groups is 3.